The number of rotatable bonds is 5. The number of hydrogen-bond acceptors (Lipinski definition) is 3. The van der Waals surface area contributed by atoms with Crippen LogP contribution in [0.2, 0.25) is 0 Å². The summed E-state index contributed by atoms with van der Waals surface area (Å²) in [7, 11) is 0. The molecule has 0 aliphatic carbocycles. The second-order valence-corrected chi connectivity index (χ2v) is 14.1. The van der Waals surface area contributed by atoms with Crippen LogP contribution >= 0.6 is 0 Å². The highest BCUT2D eigenvalue weighted by Crippen LogP contribution is 2.45. The van der Waals surface area contributed by atoms with Gasteiger partial charge in [0.25, 0.3) is 0 Å². The number of nitrogens with zero attached hydrogens (tertiary/aromatic N) is 3. The summed E-state index contributed by atoms with van der Waals surface area (Å²) in [6, 6.07) is 52.3. The maximum atomic E-state index is 4.97. The molecule has 0 aliphatic rings. The Bertz CT molecular complexity index is 2560. The van der Waals surface area contributed by atoms with Crippen LogP contribution in [0.15, 0.2) is 158 Å². The fourth-order valence-electron chi connectivity index (χ4n) is 7.27. The molecule has 238 valence electrons. The molecule has 0 N–H and O–H groups in total. The largest absolute Gasteiger partial charge is 0.255 e. The summed E-state index contributed by atoms with van der Waals surface area (Å²) in [4.78, 5) is 14.2. The molecule has 9 rings (SSSR count). The highest BCUT2D eigenvalue weighted by Gasteiger charge is 2.20. The Hall–Kier alpha value is -6.19. The van der Waals surface area contributed by atoms with Crippen molar-refractivity contribution in [1.82, 2.24) is 15.0 Å². The van der Waals surface area contributed by atoms with Crippen LogP contribution in [0.25, 0.3) is 88.5 Å². The van der Waals surface area contributed by atoms with E-state index in [1.807, 2.05) is 48.8 Å². The molecule has 0 unspecified atom stereocenters. The molecule has 0 saturated heterocycles. The van der Waals surface area contributed by atoms with Gasteiger partial charge in [-0.25, -0.2) is 4.98 Å². The van der Waals surface area contributed by atoms with E-state index in [0.29, 0.717) is 0 Å². The summed E-state index contributed by atoms with van der Waals surface area (Å²) >= 11 is 0. The van der Waals surface area contributed by atoms with Crippen molar-refractivity contribution in [1.29, 1.82) is 0 Å². The van der Waals surface area contributed by atoms with Gasteiger partial charge in [0.05, 0.1) is 22.8 Å². The molecule has 50 heavy (non-hydrogen) atoms. The van der Waals surface area contributed by atoms with Crippen molar-refractivity contribution in [3.05, 3.63) is 164 Å². The van der Waals surface area contributed by atoms with Crippen molar-refractivity contribution in [3.8, 4) is 56.2 Å². The third-order valence-corrected chi connectivity index (χ3v) is 9.88. The summed E-state index contributed by atoms with van der Waals surface area (Å²) in [5.41, 5.74) is 11.8. The van der Waals surface area contributed by atoms with Crippen molar-refractivity contribution in [2.75, 3.05) is 0 Å². The Labute approximate surface area is 292 Å². The summed E-state index contributed by atoms with van der Waals surface area (Å²) in [5, 5.41) is 7.81. The molecule has 3 heterocycles. The lowest BCUT2D eigenvalue weighted by Crippen LogP contribution is -2.10. The molecule has 0 bridgehead atoms. The van der Waals surface area contributed by atoms with E-state index in [2.05, 4.69) is 140 Å². The van der Waals surface area contributed by atoms with Crippen LogP contribution in [0.5, 0.6) is 0 Å². The lowest BCUT2D eigenvalue weighted by Gasteiger charge is -2.23. The van der Waals surface area contributed by atoms with E-state index < -0.39 is 0 Å². The van der Waals surface area contributed by atoms with Gasteiger partial charge in [-0.2, -0.15) is 0 Å². The van der Waals surface area contributed by atoms with Gasteiger partial charge in [-0.3, -0.25) is 9.97 Å². The monoisotopic (exact) mass is 641 g/mol. The van der Waals surface area contributed by atoms with Crippen LogP contribution in [-0.2, 0) is 5.41 Å². The Morgan fingerprint density at radius 1 is 0.400 bits per heavy atom. The molecular weight excluding hydrogens is 607 g/mol. The zero-order valence-electron chi connectivity index (χ0n) is 28.4. The number of aromatic nitrogens is 3. The van der Waals surface area contributed by atoms with Crippen LogP contribution in [-0.4, -0.2) is 15.0 Å². The molecule has 0 atom stereocenters. The molecule has 9 aromatic rings. The first-order chi connectivity index (χ1) is 24.4. The minimum Gasteiger partial charge on any atom is -0.255 e. The van der Waals surface area contributed by atoms with E-state index in [1.165, 1.54) is 60.1 Å². The fraction of sp³-hybridized carbons (Fsp3) is 0.0851. The lowest BCUT2D eigenvalue weighted by atomic mass is 9.81. The second kappa shape index (κ2) is 11.7. The SMILES string of the molecule is CC(C)(C)c1cc2ccc3c(-c4ccccc4)cc(-c4ccc(-c5cc(-c6ccccn6)nc(-c6ccccn6)c5)cc4)c4ccc(c1)c2c34. The molecule has 0 spiro atoms. The Balaban J connectivity index is 1.23. The van der Waals surface area contributed by atoms with Crippen LogP contribution in [0, 0.1) is 0 Å². The van der Waals surface area contributed by atoms with Gasteiger partial charge in [0.1, 0.15) is 0 Å². The second-order valence-electron chi connectivity index (χ2n) is 14.1. The van der Waals surface area contributed by atoms with E-state index >= 15 is 0 Å². The maximum absolute atomic E-state index is 4.97. The Morgan fingerprint density at radius 3 is 1.44 bits per heavy atom. The highest BCUT2D eigenvalue weighted by molar-refractivity contribution is 6.28. The van der Waals surface area contributed by atoms with E-state index in [4.69, 9.17) is 4.98 Å². The van der Waals surface area contributed by atoms with Gasteiger partial charge < -0.3 is 0 Å². The van der Waals surface area contributed by atoms with Crippen molar-refractivity contribution in [3.63, 3.8) is 0 Å². The summed E-state index contributed by atoms with van der Waals surface area (Å²) in [6.45, 7) is 6.87. The van der Waals surface area contributed by atoms with Crippen molar-refractivity contribution in [2.24, 2.45) is 0 Å². The molecule has 3 aromatic heterocycles. The third kappa shape index (κ3) is 5.19. The van der Waals surface area contributed by atoms with Gasteiger partial charge in [0, 0.05) is 12.4 Å². The molecule has 0 radical (unpaired) electrons. The predicted octanol–water partition coefficient (Wildman–Crippen LogP) is 12.4. The molecule has 3 nitrogen and oxygen atoms in total. The molecule has 0 saturated carbocycles. The van der Waals surface area contributed by atoms with Gasteiger partial charge in [0.15, 0.2) is 0 Å². The average molecular weight is 642 g/mol. The lowest BCUT2D eigenvalue weighted by molar-refractivity contribution is 0.591. The standard InChI is InChI=1S/C47H35N3/c1-47(2,3)36-25-33-19-21-37-39(31-11-5-4-6-12-31)29-40(38-22-20-34(26-36)45(33)46(37)38)32-17-15-30(16-18-32)35-27-43(41-13-7-9-23-48-41)50-44(28-35)42-14-8-10-24-49-42/h4-29H,1-3H3. The molecule has 0 fully saturated rings. The van der Waals surface area contributed by atoms with Crippen LogP contribution in [0.3, 0.4) is 0 Å². The first-order valence-corrected chi connectivity index (χ1v) is 17.2. The minimum absolute atomic E-state index is 0.0676. The topological polar surface area (TPSA) is 38.7 Å². The maximum Gasteiger partial charge on any atom is 0.0900 e. The first-order valence-electron chi connectivity index (χ1n) is 17.2. The van der Waals surface area contributed by atoms with Gasteiger partial charge in [-0.05, 0) is 119 Å². The van der Waals surface area contributed by atoms with E-state index in [0.717, 1.165) is 33.9 Å². The van der Waals surface area contributed by atoms with Gasteiger partial charge in [-0.1, -0.05) is 124 Å². The summed E-state index contributed by atoms with van der Waals surface area (Å²) in [6.07, 6.45) is 3.62. The Kier molecular flexibility index (Phi) is 7.03. The molecular formula is C47H35N3. The minimum atomic E-state index is 0.0676. The molecule has 3 heteroatoms. The summed E-state index contributed by atoms with van der Waals surface area (Å²) < 4.78 is 0. The smallest absolute Gasteiger partial charge is 0.0900 e. The van der Waals surface area contributed by atoms with Gasteiger partial charge in [-0.15, -0.1) is 0 Å². The van der Waals surface area contributed by atoms with Gasteiger partial charge in [0.2, 0.25) is 0 Å². The summed E-state index contributed by atoms with van der Waals surface area (Å²) in [5.74, 6) is 0. The van der Waals surface area contributed by atoms with Crippen molar-refractivity contribution < 1.29 is 0 Å². The first kappa shape index (κ1) is 29.9. The van der Waals surface area contributed by atoms with Crippen LogP contribution in [0.4, 0.5) is 0 Å². The quantitative estimate of drug-likeness (QED) is 0.176. The van der Waals surface area contributed by atoms with E-state index in [1.54, 1.807) is 0 Å². The Morgan fingerprint density at radius 2 is 0.920 bits per heavy atom. The van der Waals surface area contributed by atoms with Crippen LogP contribution < -0.4 is 0 Å². The van der Waals surface area contributed by atoms with Crippen molar-refractivity contribution in [2.45, 2.75) is 26.2 Å². The molecule has 0 amide bonds. The highest BCUT2D eigenvalue weighted by atomic mass is 14.8. The molecule has 0 aliphatic heterocycles. The number of pyridine rings is 3. The van der Waals surface area contributed by atoms with Crippen LogP contribution in [0.1, 0.15) is 26.3 Å². The number of benzene rings is 6. The number of hydrogen-bond donors (Lipinski definition) is 0. The van der Waals surface area contributed by atoms with Crippen molar-refractivity contribution >= 4 is 32.3 Å². The third-order valence-electron chi connectivity index (χ3n) is 9.88. The zero-order valence-corrected chi connectivity index (χ0v) is 28.4. The van der Waals surface area contributed by atoms with E-state index in [-0.39, 0.29) is 5.41 Å². The van der Waals surface area contributed by atoms with Gasteiger partial charge >= 0.3 is 0 Å². The van der Waals surface area contributed by atoms with E-state index in [9.17, 15) is 0 Å². The average Bonchev–Trinajstić information content (AvgIpc) is 3.17. The normalized spacial score (nSPS) is 11.9. The fourth-order valence-corrected chi connectivity index (χ4v) is 7.27. The predicted molar refractivity (Wildman–Crippen MR) is 209 cm³/mol. The zero-order chi connectivity index (χ0) is 33.8. The molecule has 6 aromatic carbocycles.